The van der Waals surface area contributed by atoms with Crippen molar-refractivity contribution in [1.29, 1.82) is 0 Å². The number of fused-ring (bicyclic) bond motifs is 1. The summed E-state index contributed by atoms with van der Waals surface area (Å²) < 4.78 is 0. The van der Waals surface area contributed by atoms with Crippen LogP contribution in [-0.4, -0.2) is 34.6 Å². The summed E-state index contributed by atoms with van der Waals surface area (Å²) in [7, 11) is 0. The summed E-state index contributed by atoms with van der Waals surface area (Å²) in [5.74, 6) is 0.523. The Bertz CT molecular complexity index is 229. The van der Waals surface area contributed by atoms with Crippen LogP contribution in [0.15, 0.2) is 0 Å². The molecule has 0 bridgehead atoms. The Kier molecular flexibility index (Phi) is 2.77. The molecule has 2 rings (SSSR count). The lowest BCUT2D eigenvalue weighted by Gasteiger charge is -2.46. The Morgan fingerprint density at radius 3 is 2.71 bits per heavy atom. The van der Waals surface area contributed by atoms with E-state index in [1.165, 1.54) is 12.8 Å². The standard InChI is InChI=1S/C11H19NO2/c1-8(13)12-7-6-11(14)9-4-2-3-5-10(9)12/h9-11,14H,2-7H2,1H3/t9-,10+,11-/m0/s1. The van der Waals surface area contributed by atoms with Gasteiger partial charge in [0.05, 0.1) is 6.10 Å². The Balaban J connectivity index is 2.12. The van der Waals surface area contributed by atoms with Crippen molar-refractivity contribution in [3.05, 3.63) is 0 Å². The Labute approximate surface area is 85.1 Å². The predicted octanol–water partition coefficient (Wildman–Crippen LogP) is 1.16. The third kappa shape index (κ3) is 1.65. The monoisotopic (exact) mass is 197 g/mol. The van der Waals surface area contributed by atoms with E-state index in [2.05, 4.69) is 0 Å². The second kappa shape index (κ2) is 3.89. The van der Waals surface area contributed by atoms with Crippen molar-refractivity contribution in [2.45, 2.75) is 51.2 Å². The summed E-state index contributed by atoms with van der Waals surface area (Å²) in [6, 6.07) is 0.324. The second-order valence-corrected chi connectivity index (χ2v) is 4.58. The van der Waals surface area contributed by atoms with Gasteiger partial charge in [-0.05, 0) is 19.3 Å². The van der Waals surface area contributed by atoms with Gasteiger partial charge < -0.3 is 10.0 Å². The molecule has 3 atom stereocenters. The summed E-state index contributed by atoms with van der Waals surface area (Å²) in [6.07, 6.45) is 5.19. The first-order chi connectivity index (χ1) is 6.70. The van der Waals surface area contributed by atoms with Crippen molar-refractivity contribution in [1.82, 2.24) is 4.90 Å². The number of nitrogens with zero attached hydrogens (tertiary/aromatic N) is 1. The molecular weight excluding hydrogens is 178 g/mol. The molecule has 14 heavy (non-hydrogen) atoms. The number of carbonyl (C=O) groups excluding carboxylic acids is 1. The zero-order chi connectivity index (χ0) is 10.1. The van der Waals surface area contributed by atoms with Crippen LogP contribution >= 0.6 is 0 Å². The zero-order valence-corrected chi connectivity index (χ0v) is 8.78. The van der Waals surface area contributed by atoms with Gasteiger partial charge in [-0.3, -0.25) is 4.79 Å². The number of piperidine rings is 1. The van der Waals surface area contributed by atoms with Gasteiger partial charge in [-0.15, -0.1) is 0 Å². The van der Waals surface area contributed by atoms with Crippen molar-refractivity contribution >= 4 is 5.91 Å². The number of aliphatic hydroxyl groups is 1. The van der Waals surface area contributed by atoms with Gasteiger partial charge in [-0.2, -0.15) is 0 Å². The lowest BCUT2D eigenvalue weighted by atomic mass is 9.76. The minimum absolute atomic E-state index is 0.170. The average Bonchev–Trinajstić information content (AvgIpc) is 2.18. The fourth-order valence-corrected chi connectivity index (χ4v) is 3.02. The van der Waals surface area contributed by atoms with Crippen LogP contribution in [0.1, 0.15) is 39.0 Å². The van der Waals surface area contributed by atoms with Crippen LogP contribution in [0.2, 0.25) is 0 Å². The van der Waals surface area contributed by atoms with Crippen molar-refractivity contribution in [3.63, 3.8) is 0 Å². The van der Waals surface area contributed by atoms with Gasteiger partial charge in [0.1, 0.15) is 0 Å². The quantitative estimate of drug-likeness (QED) is 0.633. The molecule has 80 valence electrons. The van der Waals surface area contributed by atoms with Crippen LogP contribution in [0.4, 0.5) is 0 Å². The predicted molar refractivity (Wildman–Crippen MR) is 53.8 cm³/mol. The molecule has 0 unspecified atom stereocenters. The molecule has 1 saturated heterocycles. The first-order valence-corrected chi connectivity index (χ1v) is 5.65. The van der Waals surface area contributed by atoms with E-state index in [4.69, 9.17) is 0 Å². The first-order valence-electron chi connectivity index (χ1n) is 5.65. The first kappa shape index (κ1) is 9.97. The van der Waals surface area contributed by atoms with E-state index in [-0.39, 0.29) is 12.0 Å². The average molecular weight is 197 g/mol. The molecule has 3 heteroatoms. The van der Waals surface area contributed by atoms with Gasteiger partial charge in [0.25, 0.3) is 0 Å². The number of hydrogen-bond acceptors (Lipinski definition) is 2. The lowest BCUT2D eigenvalue weighted by molar-refractivity contribution is -0.139. The zero-order valence-electron chi connectivity index (χ0n) is 8.78. The lowest BCUT2D eigenvalue weighted by Crippen LogP contribution is -2.54. The highest BCUT2D eigenvalue weighted by atomic mass is 16.3. The molecule has 0 spiro atoms. The molecular formula is C11H19NO2. The Morgan fingerprint density at radius 1 is 1.29 bits per heavy atom. The third-order valence-corrected chi connectivity index (χ3v) is 3.75. The fourth-order valence-electron chi connectivity index (χ4n) is 3.02. The largest absolute Gasteiger partial charge is 0.393 e. The summed E-state index contributed by atoms with van der Waals surface area (Å²) in [6.45, 7) is 2.39. The van der Waals surface area contributed by atoms with Gasteiger partial charge in [0.15, 0.2) is 0 Å². The molecule has 3 nitrogen and oxygen atoms in total. The van der Waals surface area contributed by atoms with Crippen molar-refractivity contribution < 1.29 is 9.90 Å². The van der Waals surface area contributed by atoms with Gasteiger partial charge in [-0.1, -0.05) is 12.8 Å². The number of carbonyl (C=O) groups is 1. The van der Waals surface area contributed by atoms with Gasteiger partial charge >= 0.3 is 0 Å². The van der Waals surface area contributed by atoms with Crippen LogP contribution < -0.4 is 0 Å². The maximum atomic E-state index is 11.4. The SMILES string of the molecule is CC(=O)N1CC[C@H](O)[C@H]2CCCC[C@H]21. The minimum atomic E-state index is -0.170. The highest BCUT2D eigenvalue weighted by molar-refractivity contribution is 5.73. The molecule has 0 aromatic carbocycles. The minimum Gasteiger partial charge on any atom is -0.393 e. The summed E-state index contributed by atoms with van der Waals surface area (Å²) in [4.78, 5) is 13.4. The van der Waals surface area contributed by atoms with E-state index >= 15 is 0 Å². The molecule has 1 N–H and O–H groups in total. The summed E-state index contributed by atoms with van der Waals surface area (Å²) in [5, 5.41) is 9.87. The molecule has 1 aliphatic carbocycles. The fraction of sp³-hybridized carbons (Fsp3) is 0.909. The number of rotatable bonds is 0. The molecule has 0 aromatic heterocycles. The van der Waals surface area contributed by atoms with Crippen molar-refractivity contribution in [2.75, 3.05) is 6.54 Å². The molecule has 0 aromatic rings. The number of hydrogen-bond donors (Lipinski definition) is 1. The maximum absolute atomic E-state index is 11.4. The smallest absolute Gasteiger partial charge is 0.219 e. The van der Waals surface area contributed by atoms with Crippen LogP contribution in [-0.2, 0) is 4.79 Å². The van der Waals surface area contributed by atoms with Crippen LogP contribution in [0, 0.1) is 5.92 Å². The molecule has 1 saturated carbocycles. The maximum Gasteiger partial charge on any atom is 0.219 e. The van der Waals surface area contributed by atoms with Gasteiger partial charge in [0.2, 0.25) is 5.91 Å². The highest BCUT2D eigenvalue weighted by Gasteiger charge is 2.39. The summed E-state index contributed by atoms with van der Waals surface area (Å²) >= 11 is 0. The molecule has 1 aliphatic heterocycles. The van der Waals surface area contributed by atoms with Crippen molar-refractivity contribution in [2.24, 2.45) is 5.92 Å². The Hall–Kier alpha value is -0.570. The highest BCUT2D eigenvalue weighted by Crippen LogP contribution is 2.35. The van der Waals surface area contributed by atoms with E-state index in [0.717, 1.165) is 25.8 Å². The van der Waals surface area contributed by atoms with Crippen LogP contribution in [0.25, 0.3) is 0 Å². The number of aliphatic hydroxyl groups excluding tert-OH is 1. The molecule has 2 fully saturated rings. The second-order valence-electron chi connectivity index (χ2n) is 4.58. The third-order valence-electron chi connectivity index (χ3n) is 3.75. The number of amides is 1. The van der Waals surface area contributed by atoms with Crippen LogP contribution in [0.5, 0.6) is 0 Å². The van der Waals surface area contributed by atoms with Crippen LogP contribution in [0.3, 0.4) is 0 Å². The van der Waals surface area contributed by atoms with E-state index in [1.807, 2.05) is 4.90 Å². The molecule has 1 heterocycles. The topological polar surface area (TPSA) is 40.5 Å². The molecule has 2 aliphatic rings. The number of likely N-dealkylation sites (tertiary alicyclic amines) is 1. The molecule has 0 radical (unpaired) electrons. The van der Waals surface area contributed by atoms with E-state index in [9.17, 15) is 9.90 Å². The van der Waals surface area contributed by atoms with Gasteiger partial charge in [-0.25, -0.2) is 0 Å². The van der Waals surface area contributed by atoms with Gasteiger partial charge in [0, 0.05) is 25.4 Å². The van der Waals surface area contributed by atoms with E-state index in [1.54, 1.807) is 6.92 Å². The van der Waals surface area contributed by atoms with E-state index in [0.29, 0.717) is 12.0 Å². The Morgan fingerprint density at radius 2 is 2.00 bits per heavy atom. The van der Waals surface area contributed by atoms with E-state index < -0.39 is 0 Å². The summed E-state index contributed by atoms with van der Waals surface area (Å²) in [5.41, 5.74) is 0. The van der Waals surface area contributed by atoms with Crippen molar-refractivity contribution in [3.8, 4) is 0 Å². The molecule has 1 amide bonds. The normalized spacial score (nSPS) is 37.9.